The number of aliphatic hydroxyl groups is 1. The topological polar surface area (TPSA) is 127 Å². The molecule has 0 aliphatic carbocycles. The summed E-state index contributed by atoms with van der Waals surface area (Å²) >= 11 is 0. The van der Waals surface area contributed by atoms with Crippen LogP contribution in [0, 0.1) is 0 Å². The number of nitrogens with one attached hydrogen (secondary N) is 2. The first-order valence-corrected chi connectivity index (χ1v) is 5.86. The third-order valence-corrected chi connectivity index (χ3v) is 2.44. The molecule has 0 saturated heterocycles. The van der Waals surface area contributed by atoms with E-state index >= 15 is 0 Å². The summed E-state index contributed by atoms with van der Waals surface area (Å²) in [6.45, 7) is 1.04. The van der Waals surface area contributed by atoms with Crippen LogP contribution in [-0.2, 0) is 16.1 Å². The second-order valence-electron chi connectivity index (χ2n) is 4.01. The smallest absolute Gasteiger partial charge is 0.245 e. The molecule has 8 nitrogen and oxygen atoms in total. The van der Waals surface area contributed by atoms with Crippen LogP contribution in [0.3, 0.4) is 0 Å². The van der Waals surface area contributed by atoms with Gasteiger partial charge in [0.2, 0.25) is 11.8 Å². The third kappa shape index (κ3) is 4.97. The van der Waals surface area contributed by atoms with Crippen LogP contribution < -0.4 is 10.6 Å². The number of hydrogen-bond acceptors (Lipinski definition) is 4. The molecule has 8 heteroatoms. The molecule has 1 aromatic rings. The number of nitrogens with zero attached hydrogens (tertiary/aromatic N) is 3. The molecule has 20 heavy (non-hydrogen) atoms. The van der Waals surface area contributed by atoms with E-state index in [0.717, 1.165) is 5.56 Å². The van der Waals surface area contributed by atoms with Crippen molar-refractivity contribution in [2.75, 3.05) is 6.61 Å². The first-order chi connectivity index (χ1) is 9.56. The largest absolute Gasteiger partial charge is 0.394 e. The van der Waals surface area contributed by atoms with Crippen molar-refractivity contribution in [1.29, 1.82) is 0 Å². The van der Waals surface area contributed by atoms with Crippen LogP contribution >= 0.6 is 0 Å². The Bertz CT molecular complexity index is 522. The highest BCUT2D eigenvalue weighted by molar-refractivity contribution is 5.86. The Morgan fingerprint density at radius 2 is 2.05 bits per heavy atom. The summed E-state index contributed by atoms with van der Waals surface area (Å²) in [5, 5.41) is 17.4. The van der Waals surface area contributed by atoms with Crippen LogP contribution in [0.15, 0.2) is 29.4 Å². The zero-order valence-electron chi connectivity index (χ0n) is 10.9. The van der Waals surface area contributed by atoms with Gasteiger partial charge in [0.25, 0.3) is 0 Å². The van der Waals surface area contributed by atoms with Gasteiger partial charge in [0, 0.05) is 24.1 Å². The molecule has 3 N–H and O–H groups in total. The van der Waals surface area contributed by atoms with Gasteiger partial charge in [0.15, 0.2) is 0 Å². The molecule has 1 rings (SSSR count). The molecule has 0 heterocycles. The fraction of sp³-hybridized carbons (Fsp3) is 0.333. The van der Waals surface area contributed by atoms with Crippen molar-refractivity contribution in [3.05, 3.63) is 40.3 Å². The zero-order valence-corrected chi connectivity index (χ0v) is 10.9. The summed E-state index contributed by atoms with van der Waals surface area (Å²) in [5.74, 6) is -0.861. The monoisotopic (exact) mass is 277 g/mol. The fourth-order valence-corrected chi connectivity index (χ4v) is 1.48. The lowest BCUT2D eigenvalue weighted by molar-refractivity contribution is -0.129. The zero-order chi connectivity index (χ0) is 15.0. The van der Waals surface area contributed by atoms with Gasteiger partial charge in [-0.2, -0.15) is 0 Å². The lowest BCUT2D eigenvalue weighted by Gasteiger charge is -2.15. The van der Waals surface area contributed by atoms with Crippen molar-refractivity contribution in [3.8, 4) is 0 Å². The van der Waals surface area contributed by atoms with E-state index < -0.39 is 24.5 Å². The van der Waals surface area contributed by atoms with Crippen LogP contribution in [-0.4, -0.2) is 29.6 Å². The van der Waals surface area contributed by atoms with E-state index in [1.54, 1.807) is 24.3 Å². The number of benzene rings is 1. The van der Waals surface area contributed by atoms with Gasteiger partial charge in [0.05, 0.1) is 6.61 Å². The average Bonchev–Trinajstić information content (AvgIpc) is 2.43. The van der Waals surface area contributed by atoms with E-state index in [0.29, 0.717) is 5.69 Å². The molecule has 2 amide bonds. The maximum atomic E-state index is 11.7. The van der Waals surface area contributed by atoms with E-state index in [2.05, 4.69) is 20.7 Å². The predicted molar refractivity (Wildman–Crippen MR) is 71.8 cm³/mol. The van der Waals surface area contributed by atoms with Crippen LogP contribution in [0.5, 0.6) is 0 Å². The minimum atomic E-state index is -0.963. The molecule has 0 aliphatic rings. The molecule has 0 spiro atoms. The van der Waals surface area contributed by atoms with E-state index in [1.807, 2.05) is 0 Å². The summed E-state index contributed by atoms with van der Waals surface area (Å²) in [6, 6.07) is 5.69. The summed E-state index contributed by atoms with van der Waals surface area (Å²) in [5.41, 5.74) is 9.55. The number of amides is 2. The summed E-state index contributed by atoms with van der Waals surface area (Å²) < 4.78 is 0. The van der Waals surface area contributed by atoms with E-state index in [-0.39, 0.29) is 6.54 Å². The Kier molecular flexibility index (Phi) is 6.02. The quantitative estimate of drug-likeness (QED) is 0.403. The predicted octanol–water partition coefficient (Wildman–Crippen LogP) is 0.742. The molecule has 0 aliphatic heterocycles. The van der Waals surface area contributed by atoms with Crippen molar-refractivity contribution in [1.82, 2.24) is 10.6 Å². The molecule has 0 fully saturated rings. The van der Waals surface area contributed by atoms with Gasteiger partial charge in [-0.1, -0.05) is 29.4 Å². The van der Waals surface area contributed by atoms with Gasteiger partial charge in [-0.25, -0.2) is 0 Å². The second-order valence-corrected chi connectivity index (χ2v) is 4.01. The van der Waals surface area contributed by atoms with Crippen molar-refractivity contribution >= 4 is 17.5 Å². The number of aliphatic hydroxyl groups excluding tert-OH is 1. The van der Waals surface area contributed by atoms with Gasteiger partial charge in [-0.05, 0) is 11.1 Å². The normalized spacial score (nSPS) is 11.1. The molecule has 1 unspecified atom stereocenters. The first-order valence-electron chi connectivity index (χ1n) is 5.86. The van der Waals surface area contributed by atoms with Crippen molar-refractivity contribution < 1.29 is 14.7 Å². The van der Waals surface area contributed by atoms with Crippen LogP contribution in [0.4, 0.5) is 5.69 Å². The van der Waals surface area contributed by atoms with Crippen molar-refractivity contribution in [2.24, 2.45) is 5.11 Å². The van der Waals surface area contributed by atoms with Crippen LogP contribution in [0.2, 0.25) is 0 Å². The standard InChI is InChI=1S/C12H15N5O3/c1-8(19)15-11(7-18)12(20)14-6-9-2-4-10(5-3-9)16-17-13/h2-5,11,18H,6-7H2,1H3,(H,14,20)(H,15,19). The molecule has 1 atom stereocenters. The van der Waals surface area contributed by atoms with E-state index in [1.165, 1.54) is 6.92 Å². The van der Waals surface area contributed by atoms with Crippen molar-refractivity contribution in [2.45, 2.75) is 19.5 Å². The number of carbonyl (C=O) groups excluding carboxylic acids is 2. The van der Waals surface area contributed by atoms with E-state index in [4.69, 9.17) is 10.6 Å². The lowest BCUT2D eigenvalue weighted by Crippen LogP contribution is -2.48. The van der Waals surface area contributed by atoms with Gasteiger partial charge in [-0.15, -0.1) is 0 Å². The van der Waals surface area contributed by atoms with E-state index in [9.17, 15) is 9.59 Å². The molecule has 0 radical (unpaired) electrons. The second kappa shape index (κ2) is 7.78. The minimum Gasteiger partial charge on any atom is -0.394 e. The van der Waals surface area contributed by atoms with Gasteiger partial charge in [-0.3, -0.25) is 9.59 Å². The minimum absolute atomic E-state index is 0.242. The Balaban J connectivity index is 2.55. The highest BCUT2D eigenvalue weighted by atomic mass is 16.3. The highest BCUT2D eigenvalue weighted by Crippen LogP contribution is 2.12. The molecule has 106 valence electrons. The number of rotatable bonds is 6. The molecular formula is C12H15N5O3. The Hall–Kier alpha value is -2.57. The SMILES string of the molecule is CC(=O)NC(CO)C(=O)NCc1ccc(N=[N+]=[N-])cc1. The average molecular weight is 277 g/mol. The Morgan fingerprint density at radius 1 is 1.40 bits per heavy atom. The number of carbonyl (C=O) groups is 2. The van der Waals surface area contributed by atoms with Gasteiger partial charge in [0.1, 0.15) is 6.04 Å². The van der Waals surface area contributed by atoms with Gasteiger partial charge < -0.3 is 15.7 Å². The third-order valence-electron chi connectivity index (χ3n) is 2.44. The molecule has 0 aromatic heterocycles. The van der Waals surface area contributed by atoms with Gasteiger partial charge >= 0.3 is 0 Å². The Labute approximate surface area is 115 Å². The summed E-state index contributed by atoms with van der Waals surface area (Å²) in [4.78, 5) is 25.2. The molecular weight excluding hydrogens is 262 g/mol. The fourth-order valence-electron chi connectivity index (χ4n) is 1.48. The Morgan fingerprint density at radius 3 is 2.55 bits per heavy atom. The van der Waals surface area contributed by atoms with Crippen molar-refractivity contribution in [3.63, 3.8) is 0 Å². The molecule has 0 saturated carbocycles. The maximum Gasteiger partial charge on any atom is 0.245 e. The number of azide groups is 1. The van der Waals surface area contributed by atoms with Crippen LogP contribution in [0.25, 0.3) is 10.4 Å². The lowest BCUT2D eigenvalue weighted by atomic mass is 10.2. The molecule has 0 bridgehead atoms. The first kappa shape index (κ1) is 15.5. The molecule has 1 aromatic carbocycles. The van der Waals surface area contributed by atoms with Crippen LogP contribution in [0.1, 0.15) is 12.5 Å². The number of hydrogen-bond donors (Lipinski definition) is 3. The maximum absolute atomic E-state index is 11.7. The summed E-state index contributed by atoms with van der Waals surface area (Å²) in [6.07, 6.45) is 0. The summed E-state index contributed by atoms with van der Waals surface area (Å²) in [7, 11) is 0. The highest BCUT2D eigenvalue weighted by Gasteiger charge is 2.17.